The van der Waals surface area contributed by atoms with Gasteiger partial charge in [0.2, 0.25) is 5.91 Å². The van der Waals surface area contributed by atoms with Crippen molar-refractivity contribution in [2.75, 3.05) is 13.1 Å². The molecule has 1 aliphatic heterocycles. The van der Waals surface area contributed by atoms with Gasteiger partial charge in [0.25, 0.3) is 0 Å². The lowest BCUT2D eigenvalue weighted by Gasteiger charge is -2.19. The molecule has 1 aliphatic rings. The number of aryl methyl sites for hydroxylation is 1. The summed E-state index contributed by atoms with van der Waals surface area (Å²) in [5, 5.41) is 11.4. The fourth-order valence-corrected chi connectivity index (χ4v) is 3.44. The van der Waals surface area contributed by atoms with Crippen molar-refractivity contribution < 1.29 is 27.9 Å². The molecule has 3 aromatic rings. The average molecular weight is 461 g/mol. The number of benzene rings is 1. The van der Waals surface area contributed by atoms with Crippen LogP contribution in [-0.2, 0) is 35.9 Å². The molecule has 174 valence electrons. The Morgan fingerprint density at radius 2 is 1.73 bits per heavy atom. The zero-order valence-corrected chi connectivity index (χ0v) is 17.8. The van der Waals surface area contributed by atoms with Gasteiger partial charge in [-0.05, 0) is 12.5 Å². The molecule has 2 aromatic heterocycles. The van der Waals surface area contributed by atoms with E-state index in [1.54, 1.807) is 11.0 Å². The first-order valence-corrected chi connectivity index (χ1v) is 10.1. The molecule has 0 bridgehead atoms. The molecule has 8 nitrogen and oxygen atoms in total. The van der Waals surface area contributed by atoms with E-state index >= 15 is 0 Å². The molecule has 0 saturated carbocycles. The van der Waals surface area contributed by atoms with E-state index in [9.17, 15) is 18.0 Å². The highest BCUT2D eigenvalue weighted by molar-refractivity contribution is 5.78. The van der Waals surface area contributed by atoms with Crippen LogP contribution in [0.5, 0.6) is 0 Å². The minimum atomic E-state index is -5.08. The molecule has 11 heteroatoms. The van der Waals surface area contributed by atoms with Crippen molar-refractivity contribution in [1.82, 2.24) is 24.6 Å². The van der Waals surface area contributed by atoms with Crippen molar-refractivity contribution in [3.05, 3.63) is 65.9 Å². The molecule has 1 amide bonds. The summed E-state index contributed by atoms with van der Waals surface area (Å²) >= 11 is 0. The fourth-order valence-electron chi connectivity index (χ4n) is 3.44. The van der Waals surface area contributed by atoms with Gasteiger partial charge in [0, 0.05) is 49.6 Å². The Labute approximate surface area is 187 Å². The Hall–Kier alpha value is -3.76. The van der Waals surface area contributed by atoms with Gasteiger partial charge in [-0.2, -0.15) is 18.3 Å². The maximum atomic E-state index is 12.7. The first kappa shape index (κ1) is 23.9. The first-order chi connectivity index (χ1) is 15.6. The minimum absolute atomic E-state index is 0.116. The molecule has 3 heterocycles. The average Bonchev–Trinajstić information content (AvgIpc) is 3.05. The quantitative estimate of drug-likeness (QED) is 0.644. The third kappa shape index (κ3) is 6.37. The Morgan fingerprint density at radius 1 is 1.06 bits per heavy atom. The van der Waals surface area contributed by atoms with E-state index in [0.29, 0.717) is 19.5 Å². The summed E-state index contributed by atoms with van der Waals surface area (Å²) in [5.41, 5.74) is 5.09. The van der Waals surface area contributed by atoms with Crippen LogP contribution in [0.1, 0.15) is 17.0 Å². The largest absolute Gasteiger partial charge is 0.490 e. The lowest BCUT2D eigenvalue weighted by atomic mass is 10.0. The second-order valence-corrected chi connectivity index (χ2v) is 7.35. The van der Waals surface area contributed by atoms with E-state index in [1.165, 1.54) is 0 Å². The standard InChI is InChI=1S/C20H21N5O.C2HF3O2/c1-24-10-7-16(23-24)13-19(26)25-11-8-17-18(9-12-25)21-14-22-20(17)15-5-3-2-4-6-15;3-2(4,5)1(6)7/h2-7,10,14H,8-9,11-13H2,1H3;(H,6,7). The molecule has 0 fully saturated rings. The number of aromatic nitrogens is 4. The van der Waals surface area contributed by atoms with Gasteiger partial charge in [-0.25, -0.2) is 14.8 Å². The van der Waals surface area contributed by atoms with Crippen LogP contribution < -0.4 is 0 Å². The number of carbonyl (C=O) groups is 2. The number of hydrogen-bond acceptors (Lipinski definition) is 5. The predicted molar refractivity (Wildman–Crippen MR) is 112 cm³/mol. The van der Waals surface area contributed by atoms with Gasteiger partial charge in [0.15, 0.2) is 0 Å². The third-order valence-corrected chi connectivity index (χ3v) is 5.03. The third-order valence-electron chi connectivity index (χ3n) is 5.03. The maximum Gasteiger partial charge on any atom is 0.490 e. The molecule has 0 spiro atoms. The van der Waals surface area contributed by atoms with Gasteiger partial charge < -0.3 is 10.0 Å². The lowest BCUT2D eigenvalue weighted by Crippen LogP contribution is -2.34. The van der Waals surface area contributed by atoms with Crippen molar-refractivity contribution in [3.8, 4) is 11.3 Å². The van der Waals surface area contributed by atoms with E-state index in [0.717, 1.165) is 41.1 Å². The van der Waals surface area contributed by atoms with Crippen LogP contribution in [-0.4, -0.2) is 60.9 Å². The SMILES string of the molecule is Cn1ccc(CC(=O)N2CCc3ncnc(-c4ccccc4)c3CC2)n1.O=C(O)C(F)(F)F. The highest BCUT2D eigenvalue weighted by Crippen LogP contribution is 2.25. The highest BCUT2D eigenvalue weighted by Gasteiger charge is 2.38. The van der Waals surface area contributed by atoms with E-state index in [1.807, 2.05) is 42.4 Å². The van der Waals surface area contributed by atoms with Crippen molar-refractivity contribution in [3.63, 3.8) is 0 Å². The number of carbonyl (C=O) groups excluding carboxylic acids is 1. The molecule has 0 atom stereocenters. The number of aliphatic carboxylic acids is 1. The number of alkyl halides is 3. The van der Waals surface area contributed by atoms with Gasteiger partial charge in [-0.15, -0.1) is 0 Å². The first-order valence-electron chi connectivity index (χ1n) is 10.1. The minimum Gasteiger partial charge on any atom is -0.475 e. The van der Waals surface area contributed by atoms with E-state index in [-0.39, 0.29) is 5.91 Å². The van der Waals surface area contributed by atoms with Crippen molar-refractivity contribution >= 4 is 11.9 Å². The molecule has 1 N–H and O–H groups in total. The number of hydrogen-bond donors (Lipinski definition) is 1. The molecule has 0 radical (unpaired) electrons. The number of carboxylic acid groups (broad SMARTS) is 1. The van der Waals surface area contributed by atoms with E-state index < -0.39 is 12.1 Å². The number of rotatable bonds is 3. The van der Waals surface area contributed by atoms with Crippen LogP contribution in [0.25, 0.3) is 11.3 Å². The molecule has 0 saturated heterocycles. The topological polar surface area (TPSA) is 101 Å². The number of nitrogens with zero attached hydrogens (tertiary/aromatic N) is 5. The summed E-state index contributed by atoms with van der Waals surface area (Å²) < 4.78 is 33.5. The molecule has 4 rings (SSSR count). The number of halogens is 3. The van der Waals surface area contributed by atoms with Gasteiger partial charge >= 0.3 is 12.1 Å². The van der Waals surface area contributed by atoms with Crippen LogP contribution in [0.2, 0.25) is 0 Å². The van der Waals surface area contributed by atoms with Crippen LogP contribution in [0.15, 0.2) is 48.9 Å². The summed E-state index contributed by atoms with van der Waals surface area (Å²) in [7, 11) is 1.86. The second kappa shape index (κ2) is 10.2. The van der Waals surface area contributed by atoms with Gasteiger partial charge in [-0.1, -0.05) is 30.3 Å². The Morgan fingerprint density at radius 3 is 2.33 bits per heavy atom. The summed E-state index contributed by atoms with van der Waals surface area (Å²) in [6.45, 7) is 1.37. The van der Waals surface area contributed by atoms with Gasteiger partial charge in [-0.3, -0.25) is 9.48 Å². The lowest BCUT2D eigenvalue weighted by molar-refractivity contribution is -0.192. The molecule has 0 unspecified atom stereocenters. The zero-order valence-electron chi connectivity index (χ0n) is 17.8. The summed E-state index contributed by atoms with van der Waals surface area (Å²) in [5.74, 6) is -2.64. The van der Waals surface area contributed by atoms with Crippen molar-refractivity contribution in [2.24, 2.45) is 7.05 Å². The maximum absolute atomic E-state index is 12.7. The Bertz CT molecular complexity index is 1120. The Balaban J connectivity index is 0.000000383. The molecule has 33 heavy (non-hydrogen) atoms. The smallest absolute Gasteiger partial charge is 0.475 e. The molecule has 1 aromatic carbocycles. The summed E-state index contributed by atoms with van der Waals surface area (Å²) in [4.78, 5) is 32.5. The number of amides is 1. The van der Waals surface area contributed by atoms with E-state index in [4.69, 9.17) is 9.90 Å². The highest BCUT2D eigenvalue weighted by atomic mass is 19.4. The summed E-state index contributed by atoms with van der Waals surface area (Å²) in [6, 6.07) is 12.1. The van der Waals surface area contributed by atoms with Crippen LogP contribution in [0.4, 0.5) is 13.2 Å². The van der Waals surface area contributed by atoms with Crippen LogP contribution in [0.3, 0.4) is 0 Å². The number of carboxylic acids is 1. The summed E-state index contributed by atoms with van der Waals surface area (Å²) in [6.07, 6.45) is 0.281. The predicted octanol–water partition coefficient (Wildman–Crippen LogP) is 2.68. The van der Waals surface area contributed by atoms with Crippen LogP contribution in [0, 0.1) is 0 Å². The second-order valence-electron chi connectivity index (χ2n) is 7.35. The van der Waals surface area contributed by atoms with Crippen LogP contribution >= 0.6 is 0 Å². The molecule has 0 aliphatic carbocycles. The van der Waals surface area contributed by atoms with E-state index in [2.05, 4.69) is 27.2 Å². The normalized spacial score (nSPS) is 13.4. The zero-order chi connectivity index (χ0) is 24.0. The van der Waals surface area contributed by atoms with Gasteiger partial charge in [0.1, 0.15) is 6.33 Å². The van der Waals surface area contributed by atoms with Crippen molar-refractivity contribution in [2.45, 2.75) is 25.4 Å². The van der Waals surface area contributed by atoms with Crippen molar-refractivity contribution in [1.29, 1.82) is 0 Å². The Kier molecular flexibility index (Phi) is 7.41. The fraction of sp³-hybridized carbons (Fsp3) is 0.318. The molecular formula is C22H22F3N5O3. The van der Waals surface area contributed by atoms with Gasteiger partial charge in [0.05, 0.1) is 17.8 Å². The molecular weight excluding hydrogens is 439 g/mol. The number of fused-ring (bicyclic) bond motifs is 1. The monoisotopic (exact) mass is 461 g/mol.